The van der Waals surface area contributed by atoms with Crippen LogP contribution in [0.4, 0.5) is 5.69 Å². The molecule has 0 saturated carbocycles. The van der Waals surface area contributed by atoms with E-state index in [9.17, 15) is 4.79 Å². The van der Waals surface area contributed by atoms with Gasteiger partial charge in [0.05, 0.1) is 35.5 Å². The van der Waals surface area contributed by atoms with Crippen LogP contribution in [0, 0.1) is 34.6 Å². The van der Waals surface area contributed by atoms with Crippen molar-refractivity contribution in [3.05, 3.63) is 76.6 Å². The third-order valence-electron chi connectivity index (χ3n) is 6.93. The molecular formula is C28H32N8O. The van der Waals surface area contributed by atoms with E-state index in [1.54, 1.807) is 10.9 Å². The van der Waals surface area contributed by atoms with Crippen LogP contribution in [-0.4, -0.2) is 40.2 Å². The predicted molar refractivity (Wildman–Crippen MR) is 145 cm³/mol. The van der Waals surface area contributed by atoms with Gasteiger partial charge in [0.25, 0.3) is 0 Å². The van der Waals surface area contributed by atoms with Crippen LogP contribution >= 0.6 is 0 Å². The van der Waals surface area contributed by atoms with Gasteiger partial charge in [-0.1, -0.05) is 29.8 Å². The molecule has 5 rings (SSSR count). The van der Waals surface area contributed by atoms with Gasteiger partial charge >= 0.3 is 0 Å². The van der Waals surface area contributed by atoms with Gasteiger partial charge in [0.2, 0.25) is 5.91 Å². The second kappa shape index (κ2) is 9.65. The summed E-state index contributed by atoms with van der Waals surface area (Å²) in [4.78, 5) is 17.7. The Balaban J connectivity index is 1.38. The molecule has 0 aliphatic heterocycles. The molecule has 0 aliphatic carbocycles. The predicted octanol–water partition coefficient (Wildman–Crippen LogP) is 4.74. The molecular weight excluding hydrogens is 464 g/mol. The topological polar surface area (TPSA) is 95.5 Å². The van der Waals surface area contributed by atoms with Crippen LogP contribution in [0.1, 0.15) is 40.8 Å². The first kappa shape index (κ1) is 24.4. The maximum Gasteiger partial charge on any atom is 0.246 e. The van der Waals surface area contributed by atoms with E-state index in [1.807, 2.05) is 42.4 Å². The summed E-state index contributed by atoms with van der Waals surface area (Å²) in [5.74, 6) is -0.173. The van der Waals surface area contributed by atoms with Gasteiger partial charge in [0.1, 0.15) is 6.54 Å². The smallest absolute Gasteiger partial charge is 0.246 e. The monoisotopic (exact) mass is 496 g/mol. The van der Waals surface area contributed by atoms with Crippen LogP contribution in [0.3, 0.4) is 0 Å². The molecule has 9 heteroatoms. The molecule has 0 unspecified atom stereocenters. The number of nitrogens with zero attached hydrogens (tertiary/aromatic N) is 7. The van der Waals surface area contributed by atoms with E-state index in [4.69, 9.17) is 0 Å². The van der Waals surface area contributed by atoms with Crippen LogP contribution in [-0.2, 0) is 24.4 Å². The Kier molecular flexibility index (Phi) is 6.37. The van der Waals surface area contributed by atoms with Gasteiger partial charge in [-0.3, -0.25) is 14.2 Å². The highest BCUT2D eigenvalue weighted by Crippen LogP contribution is 2.30. The molecule has 9 nitrogen and oxygen atoms in total. The van der Waals surface area contributed by atoms with Crippen molar-refractivity contribution in [1.82, 2.24) is 34.3 Å². The average Bonchev–Trinajstić information content (AvgIpc) is 3.48. The van der Waals surface area contributed by atoms with Crippen molar-refractivity contribution in [3.8, 4) is 11.1 Å². The lowest BCUT2D eigenvalue weighted by Crippen LogP contribution is -2.20. The number of aromatic nitrogens is 7. The molecule has 0 saturated heterocycles. The number of hydrogen-bond donors (Lipinski definition) is 1. The van der Waals surface area contributed by atoms with Crippen LogP contribution in [0.2, 0.25) is 0 Å². The Morgan fingerprint density at radius 3 is 2.32 bits per heavy atom. The van der Waals surface area contributed by atoms with E-state index < -0.39 is 0 Å². The molecule has 1 N–H and O–H groups in total. The Morgan fingerprint density at radius 1 is 0.892 bits per heavy atom. The minimum absolute atomic E-state index is 0.0567. The maximum absolute atomic E-state index is 13.1. The van der Waals surface area contributed by atoms with Gasteiger partial charge < -0.3 is 5.32 Å². The average molecular weight is 497 g/mol. The van der Waals surface area contributed by atoms with Crippen LogP contribution in [0.15, 0.2) is 42.7 Å². The lowest BCUT2D eigenvalue weighted by molar-refractivity contribution is -0.116. The van der Waals surface area contributed by atoms with Gasteiger partial charge in [0.15, 0.2) is 5.65 Å². The molecule has 0 bridgehead atoms. The second-order valence-corrected chi connectivity index (χ2v) is 9.49. The van der Waals surface area contributed by atoms with Gasteiger partial charge in [-0.2, -0.15) is 15.3 Å². The largest absolute Gasteiger partial charge is 0.321 e. The summed E-state index contributed by atoms with van der Waals surface area (Å²) < 4.78 is 5.56. The lowest BCUT2D eigenvalue weighted by Gasteiger charge is -2.08. The quantitative estimate of drug-likeness (QED) is 0.351. The summed E-state index contributed by atoms with van der Waals surface area (Å²) in [6.07, 6.45) is 3.66. The van der Waals surface area contributed by atoms with E-state index >= 15 is 0 Å². The highest BCUT2D eigenvalue weighted by Gasteiger charge is 2.19. The van der Waals surface area contributed by atoms with Crippen LogP contribution in [0.25, 0.3) is 22.2 Å². The summed E-state index contributed by atoms with van der Waals surface area (Å²) in [6, 6.07) is 10.4. The third-order valence-corrected chi connectivity index (χ3v) is 6.93. The molecule has 4 aromatic heterocycles. The molecule has 0 spiro atoms. The van der Waals surface area contributed by atoms with Gasteiger partial charge in [-0.25, -0.2) is 9.67 Å². The minimum atomic E-state index is -0.173. The highest BCUT2D eigenvalue weighted by molar-refractivity contribution is 5.96. The van der Waals surface area contributed by atoms with E-state index in [0.717, 1.165) is 57.1 Å². The zero-order chi connectivity index (χ0) is 26.3. The normalized spacial score (nSPS) is 11.4. The molecule has 37 heavy (non-hydrogen) atoms. The molecule has 4 heterocycles. The maximum atomic E-state index is 13.1. The van der Waals surface area contributed by atoms with Crippen molar-refractivity contribution >= 4 is 22.6 Å². The highest BCUT2D eigenvalue weighted by atomic mass is 16.2. The fourth-order valence-electron chi connectivity index (χ4n) is 4.83. The van der Waals surface area contributed by atoms with E-state index in [2.05, 4.69) is 70.6 Å². The number of nitrogens with one attached hydrogen (secondary N) is 1. The first-order valence-electron chi connectivity index (χ1n) is 12.5. The number of benzene rings is 1. The Hall–Kier alpha value is -4.27. The number of anilines is 1. The Labute approximate surface area is 216 Å². The summed E-state index contributed by atoms with van der Waals surface area (Å²) in [7, 11) is 0. The fourth-order valence-corrected chi connectivity index (χ4v) is 4.83. The second-order valence-electron chi connectivity index (χ2n) is 9.49. The summed E-state index contributed by atoms with van der Waals surface area (Å²) in [6.45, 7) is 13.5. The summed E-state index contributed by atoms with van der Waals surface area (Å²) in [5.41, 5.74) is 9.53. The van der Waals surface area contributed by atoms with E-state index in [0.29, 0.717) is 12.2 Å². The van der Waals surface area contributed by atoms with E-state index in [1.165, 1.54) is 5.56 Å². The Morgan fingerprint density at radius 2 is 1.62 bits per heavy atom. The number of aryl methyl sites for hydroxylation is 4. The van der Waals surface area contributed by atoms with Crippen molar-refractivity contribution in [2.45, 2.75) is 61.2 Å². The van der Waals surface area contributed by atoms with Crippen LogP contribution < -0.4 is 5.32 Å². The molecule has 5 aromatic rings. The van der Waals surface area contributed by atoms with Crippen molar-refractivity contribution in [2.75, 3.05) is 5.32 Å². The Bertz CT molecular complexity index is 1600. The number of rotatable bonds is 7. The van der Waals surface area contributed by atoms with Gasteiger partial charge in [-0.05, 0) is 58.7 Å². The number of hydrogen-bond acceptors (Lipinski definition) is 5. The zero-order valence-corrected chi connectivity index (χ0v) is 22.2. The zero-order valence-electron chi connectivity index (χ0n) is 22.2. The first-order chi connectivity index (χ1) is 17.8. The SMILES string of the molecule is CCn1ncc(Cn2nc(C)c(NC(=O)Cn3nc(C)c4c(-c5ccc(C)cc5)ccnc43)c2C)c1C. The molecule has 0 atom stereocenters. The van der Waals surface area contributed by atoms with E-state index in [-0.39, 0.29) is 12.5 Å². The summed E-state index contributed by atoms with van der Waals surface area (Å²) in [5, 5.41) is 17.8. The van der Waals surface area contributed by atoms with Gasteiger partial charge in [-0.15, -0.1) is 0 Å². The number of fused-ring (bicyclic) bond motifs is 1. The number of pyridine rings is 1. The van der Waals surface area contributed by atoms with Crippen molar-refractivity contribution in [1.29, 1.82) is 0 Å². The van der Waals surface area contributed by atoms with Crippen molar-refractivity contribution < 1.29 is 4.79 Å². The molecule has 1 aromatic carbocycles. The van der Waals surface area contributed by atoms with Gasteiger partial charge in [0, 0.05) is 29.4 Å². The molecule has 0 radical (unpaired) electrons. The lowest BCUT2D eigenvalue weighted by atomic mass is 10.0. The number of carbonyl (C=O) groups is 1. The summed E-state index contributed by atoms with van der Waals surface area (Å²) >= 11 is 0. The number of amides is 1. The molecule has 1 amide bonds. The molecule has 0 aliphatic rings. The van der Waals surface area contributed by atoms with Crippen molar-refractivity contribution in [2.24, 2.45) is 0 Å². The molecule has 190 valence electrons. The number of carbonyl (C=O) groups excluding carboxylic acids is 1. The third kappa shape index (κ3) is 4.52. The fraction of sp³-hybridized carbons (Fsp3) is 0.321. The van der Waals surface area contributed by atoms with Crippen molar-refractivity contribution in [3.63, 3.8) is 0 Å². The minimum Gasteiger partial charge on any atom is -0.321 e. The standard InChI is InChI=1S/C28H32N8O/c1-7-34-20(5)23(14-30-34)15-35-21(6)27(19(4)33-35)31-25(37)16-36-28-26(18(3)32-36)24(12-13-29-28)22-10-8-17(2)9-11-22/h8-14H,7,15-16H2,1-6H3,(H,31,37). The van der Waals surface area contributed by atoms with Crippen LogP contribution in [0.5, 0.6) is 0 Å². The molecule has 0 fully saturated rings. The first-order valence-corrected chi connectivity index (χ1v) is 12.5.